The van der Waals surface area contributed by atoms with Crippen LogP contribution >= 0.6 is 0 Å². The summed E-state index contributed by atoms with van der Waals surface area (Å²) in [5, 5.41) is 14.5. The zero-order valence-electron chi connectivity index (χ0n) is 19.4. The molecule has 0 amide bonds. The molecule has 2 heterocycles. The SMILES string of the molecule is Cc1cc(C#N)ccc1N(CC(C)C)S(=O)(=O)c1ccc2c(cnn2CC2CCOCC2)c1. The maximum absolute atomic E-state index is 13.8. The normalized spacial score (nSPS) is 15.1. The standard InChI is InChI=1S/C25H30N4O3S/c1-18(2)16-29(24-6-4-21(14-26)12-19(24)3)33(30,31)23-5-7-25-22(13-23)15-27-28(25)17-20-8-10-32-11-9-20/h4-7,12-13,15,18,20H,8-11,16-17H2,1-3H3. The molecular weight excluding hydrogens is 436 g/mol. The Labute approximate surface area is 195 Å². The summed E-state index contributed by atoms with van der Waals surface area (Å²) in [5.41, 5.74) is 2.79. The average Bonchev–Trinajstić information content (AvgIpc) is 3.20. The molecule has 0 radical (unpaired) electrons. The molecule has 3 aromatic rings. The van der Waals surface area contributed by atoms with E-state index in [4.69, 9.17) is 4.74 Å². The number of aromatic nitrogens is 2. The molecule has 2 aromatic carbocycles. The molecule has 0 bridgehead atoms. The van der Waals surface area contributed by atoms with E-state index in [1.54, 1.807) is 36.5 Å². The lowest BCUT2D eigenvalue weighted by molar-refractivity contribution is 0.0605. The largest absolute Gasteiger partial charge is 0.381 e. The molecule has 33 heavy (non-hydrogen) atoms. The van der Waals surface area contributed by atoms with Crippen molar-refractivity contribution in [2.45, 2.75) is 45.1 Å². The maximum atomic E-state index is 13.8. The van der Waals surface area contributed by atoms with Crippen molar-refractivity contribution in [1.82, 2.24) is 9.78 Å². The first-order valence-electron chi connectivity index (χ1n) is 11.4. The van der Waals surface area contributed by atoms with Gasteiger partial charge in [-0.25, -0.2) is 8.42 Å². The summed E-state index contributed by atoms with van der Waals surface area (Å²) in [7, 11) is -3.80. The van der Waals surface area contributed by atoms with E-state index in [-0.39, 0.29) is 10.8 Å². The molecule has 7 nitrogen and oxygen atoms in total. The summed E-state index contributed by atoms with van der Waals surface area (Å²) in [6.07, 6.45) is 3.78. The minimum atomic E-state index is -3.80. The van der Waals surface area contributed by atoms with E-state index in [1.165, 1.54) is 4.31 Å². The summed E-state index contributed by atoms with van der Waals surface area (Å²) in [6, 6.07) is 12.5. The summed E-state index contributed by atoms with van der Waals surface area (Å²) in [6.45, 7) is 8.54. The predicted molar refractivity (Wildman–Crippen MR) is 129 cm³/mol. The van der Waals surface area contributed by atoms with E-state index in [0.29, 0.717) is 23.7 Å². The first kappa shape index (κ1) is 23.3. The number of nitrogens with zero attached hydrogens (tertiary/aromatic N) is 4. The number of anilines is 1. The Morgan fingerprint density at radius 2 is 1.97 bits per heavy atom. The number of rotatable bonds is 7. The summed E-state index contributed by atoms with van der Waals surface area (Å²) in [4.78, 5) is 0.241. The molecule has 8 heteroatoms. The van der Waals surface area contributed by atoms with Crippen LogP contribution in [0.5, 0.6) is 0 Å². The van der Waals surface area contributed by atoms with Gasteiger partial charge in [-0.15, -0.1) is 0 Å². The molecule has 1 aliphatic rings. The third-order valence-corrected chi connectivity index (χ3v) is 7.87. The lowest BCUT2D eigenvalue weighted by Crippen LogP contribution is -2.34. The van der Waals surface area contributed by atoms with Gasteiger partial charge in [0, 0.05) is 31.7 Å². The smallest absolute Gasteiger partial charge is 0.264 e. The number of fused-ring (bicyclic) bond motifs is 1. The lowest BCUT2D eigenvalue weighted by atomic mass is 10.0. The van der Waals surface area contributed by atoms with Crippen molar-refractivity contribution in [1.29, 1.82) is 5.26 Å². The number of benzene rings is 2. The van der Waals surface area contributed by atoms with E-state index < -0.39 is 10.0 Å². The molecule has 0 aliphatic carbocycles. The highest BCUT2D eigenvalue weighted by Gasteiger charge is 2.28. The first-order valence-corrected chi connectivity index (χ1v) is 12.8. The zero-order valence-corrected chi connectivity index (χ0v) is 20.2. The number of nitriles is 1. The van der Waals surface area contributed by atoms with Crippen LogP contribution in [-0.2, 0) is 21.3 Å². The van der Waals surface area contributed by atoms with Crippen molar-refractivity contribution in [3.63, 3.8) is 0 Å². The van der Waals surface area contributed by atoms with Crippen molar-refractivity contribution in [3.05, 3.63) is 53.7 Å². The molecule has 174 valence electrons. The molecule has 1 saturated heterocycles. The van der Waals surface area contributed by atoms with Crippen LogP contribution < -0.4 is 4.31 Å². The molecule has 0 saturated carbocycles. The zero-order chi connectivity index (χ0) is 23.6. The van der Waals surface area contributed by atoms with Gasteiger partial charge in [-0.3, -0.25) is 8.99 Å². The van der Waals surface area contributed by atoms with E-state index in [1.807, 2.05) is 31.5 Å². The van der Waals surface area contributed by atoms with Crippen LogP contribution in [0.1, 0.15) is 37.8 Å². The Hall–Kier alpha value is -2.89. The molecule has 0 spiro atoms. The molecule has 4 rings (SSSR count). The summed E-state index contributed by atoms with van der Waals surface area (Å²) >= 11 is 0. The quantitative estimate of drug-likeness (QED) is 0.512. The first-order chi connectivity index (χ1) is 15.8. The van der Waals surface area contributed by atoms with Gasteiger partial charge in [-0.1, -0.05) is 13.8 Å². The van der Waals surface area contributed by atoms with Crippen LogP contribution in [0.25, 0.3) is 10.9 Å². The van der Waals surface area contributed by atoms with Crippen LogP contribution in [0.15, 0.2) is 47.5 Å². The highest BCUT2D eigenvalue weighted by molar-refractivity contribution is 7.92. The fourth-order valence-corrected chi connectivity index (χ4v) is 6.06. The highest BCUT2D eigenvalue weighted by Crippen LogP contribution is 2.30. The molecule has 0 N–H and O–H groups in total. The van der Waals surface area contributed by atoms with Gasteiger partial charge in [0.15, 0.2) is 0 Å². The van der Waals surface area contributed by atoms with Crippen molar-refractivity contribution >= 4 is 26.6 Å². The minimum Gasteiger partial charge on any atom is -0.381 e. The molecular formula is C25H30N4O3S. The van der Waals surface area contributed by atoms with Crippen LogP contribution in [0.2, 0.25) is 0 Å². The number of aryl methyl sites for hydroxylation is 1. The number of ether oxygens (including phenoxy) is 1. The van der Waals surface area contributed by atoms with Crippen molar-refractivity contribution in [3.8, 4) is 6.07 Å². The average molecular weight is 467 g/mol. The van der Waals surface area contributed by atoms with E-state index in [2.05, 4.69) is 11.2 Å². The van der Waals surface area contributed by atoms with Gasteiger partial charge in [0.05, 0.1) is 33.9 Å². The van der Waals surface area contributed by atoms with E-state index >= 15 is 0 Å². The second kappa shape index (κ2) is 9.54. The highest BCUT2D eigenvalue weighted by atomic mass is 32.2. The van der Waals surface area contributed by atoms with Crippen LogP contribution in [0, 0.1) is 30.1 Å². The third kappa shape index (κ3) is 4.90. The Morgan fingerprint density at radius 3 is 2.64 bits per heavy atom. The second-order valence-electron chi connectivity index (χ2n) is 9.15. The van der Waals surface area contributed by atoms with Gasteiger partial charge in [0.25, 0.3) is 10.0 Å². The topological polar surface area (TPSA) is 88.2 Å². The Kier molecular flexibility index (Phi) is 6.73. The number of sulfonamides is 1. The van der Waals surface area contributed by atoms with Gasteiger partial charge in [-0.2, -0.15) is 10.4 Å². The van der Waals surface area contributed by atoms with Gasteiger partial charge in [0.1, 0.15) is 0 Å². The second-order valence-corrected chi connectivity index (χ2v) is 11.0. The fourth-order valence-electron chi connectivity index (χ4n) is 4.33. The third-order valence-electron chi connectivity index (χ3n) is 6.10. The van der Waals surface area contributed by atoms with Crippen LogP contribution in [0.3, 0.4) is 0 Å². The summed E-state index contributed by atoms with van der Waals surface area (Å²) < 4.78 is 36.4. The minimum absolute atomic E-state index is 0.126. The monoisotopic (exact) mass is 466 g/mol. The van der Waals surface area contributed by atoms with Crippen molar-refractivity contribution in [2.24, 2.45) is 11.8 Å². The van der Waals surface area contributed by atoms with Crippen molar-refractivity contribution in [2.75, 3.05) is 24.1 Å². The van der Waals surface area contributed by atoms with E-state index in [9.17, 15) is 13.7 Å². The fraction of sp³-hybridized carbons (Fsp3) is 0.440. The van der Waals surface area contributed by atoms with E-state index in [0.717, 1.165) is 49.1 Å². The van der Waals surface area contributed by atoms with Gasteiger partial charge >= 0.3 is 0 Å². The molecule has 1 aromatic heterocycles. The van der Waals surface area contributed by atoms with Crippen LogP contribution in [0.4, 0.5) is 5.69 Å². The molecule has 0 atom stereocenters. The molecule has 0 unspecified atom stereocenters. The van der Waals surface area contributed by atoms with Gasteiger partial charge in [0.2, 0.25) is 0 Å². The Balaban J connectivity index is 1.69. The van der Waals surface area contributed by atoms with Crippen LogP contribution in [-0.4, -0.2) is 38.0 Å². The maximum Gasteiger partial charge on any atom is 0.264 e. The van der Waals surface area contributed by atoms with Crippen molar-refractivity contribution < 1.29 is 13.2 Å². The summed E-state index contributed by atoms with van der Waals surface area (Å²) in [5.74, 6) is 0.645. The predicted octanol–water partition coefficient (Wildman–Crippen LogP) is 4.49. The Bertz CT molecular complexity index is 1280. The lowest BCUT2D eigenvalue weighted by Gasteiger charge is -2.28. The molecule has 1 aliphatic heterocycles. The van der Waals surface area contributed by atoms with Gasteiger partial charge < -0.3 is 4.74 Å². The number of hydrogen-bond donors (Lipinski definition) is 0. The number of hydrogen-bond acceptors (Lipinski definition) is 5. The Morgan fingerprint density at radius 1 is 1.21 bits per heavy atom. The molecule has 1 fully saturated rings. The van der Waals surface area contributed by atoms with Gasteiger partial charge in [-0.05, 0) is 73.6 Å².